The number of rotatable bonds is 5. The van der Waals surface area contributed by atoms with Crippen molar-refractivity contribution < 1.29 is 0 Å². The molecule has 2 rings (SSSR count). The number of aryl methyl sites for hydroxylation is 2. The summed E-state index contributed by atoms with van der Waals surface area (Å²) in [6.07, 6.45) is 1.15. The highest BCUT2D eigenvalue weighted by molar-refractivity contribution is 5.37. The second kappa shape index (κ2) is 6.53. The van der Waals surface area contributed by atoms with Gasteiger partial charge in [0.05, 0.1) is 6.04 Å². The van der Waals surface area contributed by atoms with Gasteiger partial charge >= 0.3 is 0 Å². The van der Waals surface area contributed by atoms with Crippen molar-refractivity contribution in [1.82, 2.24) is 5.32 Å². The molecule has 1 nitrogen and oxygen atoms in total. The van der Waals surface area contributed by atoms with Crippen LogP contribution < -0.4 is 5.32 Å². The molecule has 19 heavy (non-hydrogen) atoms. The van der Waals surface area contributed by atoms with E-state index in [0.717, 1.165) is 13.0 Å². The van der Waals surface area contributed by atoms with Gasteiger partial charge in [-0.25, -0.2) is 0 Å². The zero-order chi connectivity index (χ0) is 13.7. The molecule has 1 atom stereocenters. The van der Waals surface area contributed by atoms with Crippen LogP contribution in [0.4, 0.5) is 0 Å². The third kappa shape index (κ3) is 3.45. The fraction of sp³-hybridized carbons (Fsp3) is 0.333. The second-order valence-corrected chi connectivity index (χ2v) is 5.14. The van der Waals surface area contributed by atoms with E-state index >= 15 is 0 Å². The standard InChI is InChI=1S/C18H23N/c1-4-12-19-18(16-8-6-5-7-9-16)17-11-10-14(2)15(3)13-17/h5-11,13,18-19H,4,12H2,1-3H3. The van der Waals surface area contributed by atoms with E-state index in [4.69, 9.17) is 0 Å². The molecule has 0 bridgehead atoms. The highest BCUT2D eigenvalue weighted by atomic mass is 14.9. The first-order chi connectivity index (χ1) is 9.22. The highest BCUT2D eigenvalue weighted by Gasteiger charge is 2.13. The minimum Gasteiger partial charge on any atom is -0.306 e. The third-order valence-corrected chi connectivity index (χ3v) is 3.60. The lowest BCUT2D eigenvalue weighted by Gasteiger charge is -2.20. The van der Waals surface area contributed by atoms with Crippen LogP contribution in [0.1, 0.15) is 41.6 Å². The average Bonchev–Trinajstić information content (AvgIpc) is 2.44. The minimum absolute atomic E-state index is 0.292. The van der Waals surface area contributed by atoms with Crippen LogP contribution in [-0.4, -0.2) is 6.54 Å². The van der Waals surface area contributed by atoms with Crippen LogP contribution in [0.15, 0.2) is 48.5 Å². The molecule has 1 N–H and O–H groups in total. The number of nitrogens with one attached hydrogen (secondary N) is 1. The van der Waals surface area contributed by atoms with Gasteiger partial charge in [-0.15, -0.1) is 0 Å². The Balaban J connectivity index is 2.34. The fourth-order valence-corrected chi connectivity index (χ4v) is 2.31. The molecule has 0 aliphatic carbocycles. The van der Waals surface area contributed by atoms with Crippen molar-refractivity contribution >= 4 is 0 Å². The fourth-order valence-electron chi connectivity index (χ4n) is 2.31. The summed E-state index contributed by atoms with van der Waals surface area (Å²) in [5, 5.41) is 3.65. The van der Waals surface area contributed by atoms with Gasteiger partial charge < -0.3 is 5.32 Å². The Morgan fingerprint density at radius 1 is 0.895 bits per heavy atom. The predicted octanol–water partition coefficient (Wildman–Crippen LogP) is 4.39. The molecule has 0 heterocycles. The van der Waals surface area contributed by atoms with Crippen molar-refractivity contribution in [3.05, 3.63) is 70.8 Å². The lowest BCUT2D eigenvalue weighted by atomic mass is 9.95. The predicted molar refractivity (Wildman–Crippen MR) is 82.5 cm³/mol. The summed E-state index contributed by atoms with van der Waals surface area (Å²) >= 11 is 0. The van der Waals surface area contributed by atoms with Gasteiger partial charge in [0.2, 0.25) is 0 Å². The third-order valence-electron chi connectivity index (χ3n) is 3.60. The monoisotopic (exact) mass is 253 g/mol. The maximum atomic E-state index is 3.65. The molecular weight excluding hydrogens is 230 g/mol. The Morgan fingerprint density at radius 3 is 2.26 bits per heavy atom. The molecule has 0 aromatic heterocycles. The van der Waals surface area contributed by atoms with Gasteiger partial charge in [-0.05, 0) is 49.1 Å². The van der Waals surface area contributed by atoms with Crippen molar-refractivity contribution in [2.45, 2.75) is 33.2 Å². The SMILES string of the molecule is CCCNC(c1ccccc1)c1ccc(C)c(C)c1. The Labute approximate surface area is 116 Å². The largest absolute Gasteiger partial charge is 0.306 e. The molecule has 0 saturated heterocycles. The zero-order valence-electron chi connectivity index (χ0n) is 12.1. The molecule has 0 saturated carbocycles. The number of hydrogen-bond acceptors (Lipinski definition) is 1. The van der Waals surface area contributed by atoms with Crippen LogP contribution in [0, 0.1) is 13.8 Å². The molecule has 0 aliphatic heterocycles. The summed E-state index contributed by atoms with van der Waals surface area (Å²) in [5.41, 5.74) is 5.39. The average molecular weight is 253 g/mol. The first-order valence-electron chi connectivity index (χ1n) is 7.08. The van der Waals surface area contributed by atoms with Gasteiger partial charge in [0.1, 0.15) is 0 Å². The molecule has 2 aromatic carbocycles. The van der Waals surface area contributed by atoms with E-state index in [-0.39, 0.29) is 0 Å². The van der Waals surface area contributed by atoms with Gasteiger partial charge in [-0.3, -0.25) is 0 Å². The maximum Gasteiger partial charge on any atom is 0.0576 e. The number of benzene rings is 2. The van der Waals surface area contributed by atoms with E-state index in [0.29, 0.717) is 6.04 Å². The molecule has 0 amide bonds. The Kier molecular flexibility index (Phi) is 4.75. The van der Waals surface area contributed by atoms with Gasteiger partial charge in [0.25, 0.3) is 0 Å². The quantitative estimate of drug-likeness (QED) is 0.833. The van der Waals surface area contributed by atoms with Crippen molar-refractivity contribution in [1.29, 1.82) is 0 Å². The Bertz CT molecular complexity index is 516. The van der Waals surface area contributed by atoms with Crippen molar-refractivity contribution in [3.63, 3.8) is 0 Å². The second-order valence-electron chi connectivity index (χ2n) is 5.14. The highest BCUT2D eigenvalue weighted by Crippen LogP contribution is 2.23. The zero-order valence-corrected chi connectivity index (χ0v) is 12.1. The summed E-state index contributed by atoms with van der Waals surface area (Å²) in [4.78, 5) is 0. The Hall–Kier alpha value is -1.60. The Morgan fingerprint density at radius 2 is 1.63 bits per heavy atom. The normalized spacial score (nSPS) is 12.4. The van der Waals surface area contributed by atoms with E-state index in [1.54, 1.807) is 0 Å². The van der Waals surface area contributed by atoms with Crippen LogP contribution in [0.25, 0.3) is 0 Å². The van der Waals surface area contributed by atoms with Gasteiger partial charge in [0.15, 0.2) is 0 Å². The summed E-state index contributed by atoms with van der Waals surface area (Å²) in [6, 6.07) is 17.7. The van der Waals surface area contributed by atoms with E-state index in [9.17, 15) is 0 Å². The molecule has 2 aromatic rings. The molecule has 100 valence electrons. The molecule has 0 aliphatic rings. The van der Waals surface area contributed by atoms with Crippen LogP contribution in [-0.2, 0) is 0 Å². The molecular formula is C18H23N. The smallest absolute Gasteiger partial charge is 0.0576 e. The van der Waals surface area contributed by atoms with Gasteiger partial charge in [0, 0.05) is 0 Å². The summed E-state index contributed by atoms with van der Waals surface area (Å²) in [6.45, 7) is 7.58. The number of hydrogen-bond donors (Lipinski definition) is 1. The summed E-state index contributed by atoms with van der Waals surface area (Å²) in [5.74, 6) is 0. The first-order valence-corrected chi connectivity index (χ1v) is 7.08. The van der Waals surface area contributed by atoms with Crippen LogP contribution >= 0.6 is 0 Å². The van der Waals surface area contributed by atoms with Crippen LogP contribution in [0.5, 0.6) is 0 Å². The van der Waals surface area contributed by atoms with Crippen LogP contribution in [0.3, 0.4) is 0 Å². The summed E-state index contributed by atoms with van der Waals surface area (Å²) < 4.78 is 0. The van der Waals surface area contributed by atoms with Crippen molar-refractivity contribution in [2.75, 3.05) is 6.54 Å². The summed E-state index contributed by atoms with van der Waals surface area (Å²) in [7, 11) is 0. The molecule has 0 fully saturated rings. The van der Waals surface area contributed by atoms with Crippen molar-refractivity contribution in [2.24, 2.45) is 0 Å². The topological polar surface area (TPSA) is 12.0 Å². The van der Waals surface area contributed by atoms with E-state index < -0.39 is 0 Å². The van der Waals surface area contributed by atoms with Gasteiger partial charge in [-0.2, -0.15) is 0 Å². The van der Waals surface area contributed by atoms with Gasteiger partial charge in [-0.1, -0.05) is 55.5 Å². The van der Waals surface area contributed by atoms with Crippen LogP contribution in [0.2, 0.25) is 0 Å². The lowest BCUT2D eigenvalue weighted by molar-refractivity contribution is 0.598. The molecule has 0 radical (unpaired) electrons. The molecule has 0 spiro atoms. The lowest BCUT2D eigenvalue weighted by Crippen LogP contribution is -2.23. The molecule has 1 unspecified atom stereocenters. The maximum absolute atomic E-state index is 3.65. The minimum atomic E-state index is 0.292. The molecule has 1 heteroatoms. The van der Waals surface area contributed by atoms with E-state index in [1.807, 2.05) is 0 Å². The van der Waals surface area contributed by atoms with Crippen molar-refractivity contribution in [3.8, 4) is 0 Å². The van der Waals surface area contributed by atoms with E-state index in [1.165, 1.54) is 22.3 Å². The first kappa shape index (κ1) is 13.8. The van der Waals surface area contributed by atoms with E-state index in [2.05, 4.69) is 74.6 Å².